The molecule has 6 nitrogen and oxygen atoms in total. The van der Waals surface area contributed by atoms with Gasteiger partial charge in [-0.2, -0.15) is 5.10 Å². The fourth-order valence-corrected chi connectivity index (χ4v) is 3.30. The highest BCUT2D eigenvalue weighted by Gasteiger charge is 2.16. The Balaban J connectivity index is 1.68. The summed E-state index contributed by atoms with van der Waals surface area (Å²) in [5, 5.41) is 7.30. The number of aromatic nitrogens is 2. The number of carbonyl (C=O) groups excluding carboxylic acids is 1. The first-order valence-corrected chi connectivity index (χ1v) is 10.1. The van der Waals surface area contributed by atoms with E-state index in [4.69, 9.17) is 0 Å². The number of hydrogen-bond acceptors (Lipinski definition) is 4. The smallest absolute Gasteiger partial charge is 0.267 e. The fourth-order valence-electron chi connectivity index (χ4n) is 3.30. The average Bonchev–Trinajstić information content (AvgIpc) is 2.76. The molecule has 1 atom stereocenters. The number of likely N-dealkylation sites (N-methyl/N-ethyl adjacent to an activating group) is 1. The van der Waals surface area contributed by atoms with Gasteiger partial charge >= 0.3 is 0 Å². The second kappa shape index (κ2) is 9.98. The van der Waals surface area contributed by atoms with Crippen LogP contribution in [0.15, 0.2) is 71.5 Å². The summed E-state index contributed by atoms with van der Waals surface area (Å²) in [6.45, 7) is 2.46. The van der Waals surface area contributed by atoms with Gasteiger partial charge in [0.25, 0.3) is 5.56 Å². The van der Waals surface area contributed by atoms with Crippen LogP contribution in [0.4, 0.5) is 0 Å². The first-order chi connectivity index (χ1) is 14.5. The van der Waals surface area contributed by atoms with Gasteiger partial charge in [0.15, 0.2) is 0 Å². The van der Waals surface area contributed by atoms with Crippen LogP contribution < -0.4 is 10.9 Å². The first kappa shape index (κ1) is 21.5. The van der Waals surface area contributed by atoms with Crippen molar-refractivity contribution in [2.45, 2.75) is 25.9 Å². The molecule has 3 aromatic rings. The van der Waals surface area contributed by atoms with Crippen LogP contribution in [-0.4, -0.2) is 41.2 Å². The quantitative estimate of drug-likeness (QED) is 0.627. The number of nitrogens with zero attached hydrogens (tertiary/aromatic N) is 3. The molecule has 156 valence electrons. The molecule has 1 amide bonds. The molecule has 0 fully saturated rings. The van der Waals surface area contributed by atoms with Gasteiger partial charge in [0.05, 0.1) is 11.7 Å². The minimum Gasteiger partial charge on any atom is -0.353 e. The van der Waals surface area contributed by atoms with Crippen LogP contribution in [0.1, 0.15) is 24.1 Å². The Morgan fingerprint density at radius 1 is 1.03 bits per heavy atom. The summed E-state index contributed by atoms with van der Waals surface area (Å²) in [4.78, 5) is 26.8. The molecule has 0 aliphatic heterocycles. The molecule has 1 aromatic heterocycles. The zero-order valence-electron chi connectivity index (χ0n) is 17.7. The van der Waals surface area contributed by atoms with Crippen molar-refractivity contribution in [3.63, 3.8) is 0 Å². The van der Waals surface area contributed by atoms with E-state index < -0.39 is 0 Å². The largest absolute Gasteiger partial charge is 0.353 e. The van der Waals surface area contributed by atoms with Crippen molar-refractivity contribution in [3.05, 3.63) is 88.2 Å². The first-order valence-electron chi connectivity index (χ1n) is 10.1. The van der Waals surface area contributed by atoms with E-state index in [0.717, 1.165) is 17.5 Å². The third kappa shape index (κ3) is 5.42. The Labute approximate surface area is 177 Å². The highest BCUT2D eigenvalue weighted by Crippen LogP contribution is 2.18. The molecule has 1 unspecified atom stereocenters. The van der Waals surface area contributed by atoms with Crippen molar-refractivity contribution in [2.24, 2.45) is 0 Å². The summed E-state index contributed by atoms with van der Waals surface area (Å²) < 4.78 is 1.21. The number of carbonyl (C=O) groups is 1. The molecule has 0 spiro atoms. The van der Waals surface area contributed by atoms with Crippen molar-refractivity contribution in [2.75, 3.05) is 20.6 Å². The molecule has 6 heteroatoms. The highest BCUT2D eigenvalue weighted by atomic mass is 16.2. The van der Waals surface area contributed by atoms with Crippen molar-refractivity contribution >= 4 is 5.91 Å². The van der Waals surface area contributed by atoms with E-state index in [-0.39, 0.29) is 24.1 Å². The van der Waals surface area contributed by atoms with Gasteiger partial charge in [-0.3, -0.25) is 9.59 Å². The molecule has 0 saturated carbocycles. The molecule has 1 N–H and O–H groups in total. The van der Waals surface area contributed by atoms with Gasteiger partial charge in [-0.25, -0.2) is 4.68 Å². The van der Waals surface area contributed by atoms with Gasteiger partial charge in [-0.05, 0) is 37.7 Å². The maximum atomic E-state index is 12.5. The third-order valence-corrected chi connectivity index (χ3v) is 5.12. The second-order valence-corrected chi connectivity index (χ2v) is 7.46. The summed E-state index contributed by atoms with van der Waals surface area (Å²) in [7, 11) is 3.97. The molecule has 0 aliphatic rings. The van der Waals surface area contributed by atoms with Crippen molar-refractivity contribution in [1.82, 2.24) is 20.0 Å². The lowest BCUT2D eigenvalue weighted by Crippen LogP contribution is -2.38. The van der Waals surface area contributed by atoms with Crippen LogP contribution in [-0.2, 0) is 17.8 Å². The van der Waals surface area contributed by atoms with Crippen LogP contribution in [0.3, 0.4) is 0 Å². The van der Waals surface area contributed by atoms with E-state index >= 15 is 0 Å². The Morgan fingerprint density at radius 2 is 1.73 bits per heavy atom. The number of benzene rings is 2. The Kier molecular flexibility index (Phi) is 7.14. The van der Waals surface area contributed by atoms with E-state index in [1.54, 1.807) is 6.07 Å². The van der Waals surface area contributed by atoms with Crippen LogP contribution in [0, 0.1) is 0 Å². The summed E-state index contributed by atoms with van der Waals surface area (Å²) in [5.74, 6) is -0.244. The number of nitrogens with one attached hydrogen (secondary N) is 1. The van der Waals surface area contributed by atoms with Gasteiger partial charge in [0, 0.05) is 18.2 Å². The molecule has 0 bridgehead atoms. The summed E-state index contributed by atoms with van der Waals surface area (Å²) in [5.41, 5.74) is 3.67. The van der Waals surface area contributed by atoms with Crippen molar-refractivity contribution in [1.29, 1.82) is 0 Å². The Morgan fingerprint density at radius 3 is 2.37 bits per heavy atom. The van der Waals surface area contributed by atoms with Crippen LogP contribution in [0.25, 0.3) is 11.3 Å². The monoisotopic (exact) mass is 404 g/mol. The van der Waals surface area contributed by atoms with Gasteiger partial charge in [-0.15, -0.1) is 0 Å². The lowest BCUT2D eigenvalue weighted by atomic mass is 10.0. The average molecular weight is 405 g/mol. The normalized spacial score (nSPS) is 12.0. The number of hydrogen-bond donors (Lipinski definition) is 1. The van der Waals surface area contributed by atoms with Crippen molar-refractivity contribution in [3.8, 4) is 11.3 Å². The highest BCUT2D eigenvalue weighted by molar-refractivity contribution is 5.75. The molecule has 0 aliphatic carbocycles. The molecule has 30 heavy (non-hydrogen) atoms. The van der Waals surface area contributed by atoms with E-state index in [1.807, 2.05) is 44.4 Å². The number of amides is 1. The lowest BCUT2D eigenvalue weighted by molar-refractivity contribution is -0.122. The fraction of sp³-hybridized carbons (Fsp3) is 0.292. The molecule has 0 saturated heterocycles. The predicted octanol–water partition coefficient (Wildman–Crippen LogP) is 2.89. The molecule has 2 aromatic carbocycles. The zero-order valence-corrected chi connectivity index (χ0v) is 17.7. The number of aryl methyl sites for hydroxylation is 1. The van der Waals surface area contributed by atoms with E-state index in [1.165, 1.54) is 16.3 Å². The summed E-state index contributed by atoms with van der Waals surface area (Å²) >= 11 is 0. The number of rotatable bonds is 8. The zero-order chi connectivity index (χ0) is 21.5. The van der Waals surface area contributed by atoms with Crippen LogP contribution in [0.2, 0.25) is 0 Å². The Bertz CT molecular complexity index is 1030. The Hall–Kier alpha value is -3.25. The van der Waals surface area contributed by atoms with Gasteiger partial charge in [-0.1, -0.05) is 61.5 Å². The van der Waals surface area contributed by atoms with Crippen molar-refractivity contribution < 1.29 is 4.79 Å². The third-order valence-electron chi connectivity index (χ3n) is 5.12. The van der Waals surface area contributed by atoms with Crippen LogP contribution in [0.5, 0.6) is 0 Å². The maximum Gasteiger partial charge on any atom is 0.267 e. The second-order valence-electron chi connectivity index (χ2n) is 7.46. The van der Waals surface area contributed by atoms with E-state index in [2.05, 4.69) is 46.5 Å². The summed E-state index contributed by atoms with van der Waals surface area (Å²) in [6.07, 6.45) is 0.993. The minimum absolute atomic E-state index is 0.0418. The predicted molar refractivity (Wildman–Crippen MR) is 119 cm³/mol. The van der Waals surface area contributed by atoms with Crippen LogP contribution >= 0.6 is 0 Å². The molecule has 0 radical (unpaired) electrons. The topological polar surface area (TPSA) is 67.2 Å². The SMILES string of the molecule is CCc1ccc(C(CNC(=O)Cn2nc(-c3ccccc3)ccc2=O)N(C)C)cc1. The van der Waals surface area contributed by atoms with Gasteiger partial charge in [0.1, 0.15) is 6.54 Å². The molecular weight excluding hydrogens is 376 g/mol. The lowest BCUT2D eigenvalue weighted by Gasteiger charge is -2.25. The summed E-state index contributed by atoms with van der Waals surface area (Å²) in [6, 6.07) is 21.2. The van der Waals surface area contributed by atoms with E-state index in [9.17, 15) is 9.59 Å². The minimum atomic E-state index is -0.302. The maximum absolute atomic E-state index is 12.5. The molecular formula is C24H28N4O2. The van der Waals surface area contributed by atoms with Gasteiger partial charge in [0.2, 0.25) is 5.91 Å². The van der Waals surface area contributed by atoms with E-state index in [0.29, 0.717) is 12.2 Å². The standard InChI is InChI=1S/C24H28N4O2/c1-4-18-10-12-20(13-11-18)22(27(2)3)16-25-23(29)17-28-24(30)15-14-21(26-28)19-8-6-5-7-9-19/h5-15,22H,4,16-17H2,1-3H3,(H,25,29). The molecule has 1 heterocycles. The van der Waals surface area contributed by atoms with Gasteiger partial charge < -0.3 is 10.2 Å². The molecule has 3 rings (SSSR count).